The number of Topliss-reactive ketones (excluding diaryl/α,β-unsaturated/α-hetero) is 1. The minimum absolute atomic E-state index is 0.0499. The first-order chi connectivity index (χ1) is 17.1. The molecule has 1 heterocycles. The molecule has 0 saturated carbocycles. The number of rotatable bonds is 7. The first kappa shape index (κ1) is 26.1. The highest BCUT2D eigenvalue weighted by Gasteiger charge is 2.44. The molecule has 0 spiro atoms. The highest BCUT2D eigenvalue weighted by molar-refractivity contribution is 6.42. The molecule has 6 nitrogen and oxygen atoms in total. The fourth-order valence-electron chi connectivity index (χ4n) is 4.90. The summed E-state index contributed by atoms with van der Waals surface area (Å²) in [4.78, 5) is 15.3. The van der Waals surface area contributed by atoms with E-state index in [1.807, 2.05) is 35.2 Å². The summed E-state index contributed by atoms with van der Waals surface area (Å²) in [6.45, 7) is 5.40. The van der Waals surface area contributed by atoms with Crippen LogP contribution < -0.4 is 10.5 Å². The smallest absolute Gasteiger partial charge is 0.162 e. The van der Waals surface area contributed by atoms with Crippen LogP contribution in [0.15, 0.2) is 65.1 Å². The van der Waals surface area contributed by atoms with Crippen molar-refractivity contribution in [2.75, 3.05) is 20.3 Å². The number of nitrogens with two attached hydrogens (primary N) is 1. The molecule has 0 radical (unpaired) electrons. The van der Waals surface area contributed by atoms with E-state index in [1.165, 1.54) is 0 Å². The lowest BCUT2D eigenvalue weighted by atomic mass is 9.68. The molecule has 36 heavy (non-hydrogen) atoms. The summed E-state index contributed by atoms with van der Waals surface area (Å²) >= 11 is 12.1. The number of halogens is 2. The highest BCUT2D eigenvalue weighted by atomic mass is 35.5. The minimum Gasteiger partial charge on any atom is -0.489 e. The number of carbonyl (C=O) groups excluding carboxylic acids is 1. The van der Waals surface area contributed by atoms with Gasteiger partial charge in [-0.15, -0.1) is 0 Å². The molecule has 1 aliphatic heterocycles. The van der Waals surface area contributed by atoms with E-state index in [0.29, 0.717) is 65.4 Å². The quantitative estimate of drug-likeness (QED) is 0.479. The normalized spacial score (nSPS) is 19.3. The van der Waals surface area contributed by atoms with Crippen LogP contribution in [0, 0.1) is 16.7 Å². The molecule has 0 amide bonds. The molecule has 2 aromatic carbocycles. The summed E-state index contributed by atoms with van der Waals surface area (Å²) in [5, 5.41) is 11.1. The van der Waals surface area contributed by atoms with Crippen LogP contribution in [0.5, 0.6) is 5.75 Å². The lowest BCUT2D eigenvalue weighted by Gasteiger charge is -2.43. The van der Waals surface area contributed by atoms with Crippen molar-refractivity contribution in [3.8, 4) is 11.8 Å². The molecule has 2 aliphatic rings. The molecular formula is C28H29Cl2N3O3. The van der Waals surface area contributed by atoms with Crippen LogP contribution in [-0.4, -0.2) is 30.9 Å². The number of benzene rings is 2. The summed E-state index contributed by atoms with van der Waals surface area (Å²) in [5.41, 5.74) is 9.98. The van der Waals surface area contributed by atoms with Crippen LogP contribution in [0.1, 0.15) is 43.7 Å². The lowest BCUT2D eigenvalue weighted by molar-refractivity contribution is -0.118. The molecule has 2 aromatic rings. The Morgan fingerprint density at radius 1 is 1.14 bits per heavy atom. The standard InChI is InChI=1S/C28H29Cl2N3O3/c1-28(2)13-23-26(24(34)14-28)25(20(15-31)27(32)33(23)10-11-35-3)18-5-7-19(8-6-18)36-16-17-4-9-21(29)22(30)12-17/h4-9,12,25H,10-11,13-14,16,32H2,1-3H3/t25-/m0/s1. The van der Waals surface area contributed by atoms with Crippen LogP contribution in [0.4, 0.5) is 0 Å². The van der Waals surface area contributed by atoms with Crippen molar-refractivity contribution >= 4 is 29.0 Å². The Morgan fingerprint density at radius 2 is 1.86 bits per heavy atom. The SMILES string of the molecule is COCCN1C(N)=C(C#N)[C@H](c2ccc(OCc3ccc(Cl)c(Cl)c3)cc2)C2=C1CC(C)(C)CC2=O. The van der Waals surface area contributed by atoms with Crippen LogP contribution in [0.25, 0.3) is 0 Å². The van der Waals surface area contributed by atoms with Crippen LogP contribution in [0.2, 0.25) is 10.0 Å². The molecule has 4 rings (SSSR count). The van der Waals surface area contributed by atoms with Crippen LogP contribution in [-0.2, 0) is 16.1 Å². The Kier molecular flexibility index (Phi) is 7.65. The molecule has 0 fully saturated rings. The topological polar surface area (TPSA) is 88.6 Å². The summed E-state index contributed by atoms with van der Waals surface area (Å²) in [6.07, 6.45) is 1.11. The highest BCUT2D eigenvalue weighted by Crippen LogP contribution is 2.49. The van der Waals surface area contributed by atoms with Crippen molar-refractivity contribution in [2.45, 2.75) is 39.2 Å². The van der Waals surface area contributed by atoms with E-state index in [0.717, 1.165) is 16.8 Å². The second-order valence-electron chi connectivity index (χ2n) is 9.90. The van der Waals surface area contributed by atoms with Crippen molar-refractivity contribution in [3.63, 3.8) is 0 Å². The van der Waals surface area contributed by atoms with Gasteiger partial charge in [0.15, 0.2) is 5.78 Å². The largest absolute Gasteiger partial charge is 0.489 e. The number of allylic oxidation sites excluding steroid dienone is 3. The molecule has 2 N–H and O–H groups in total. The number of ketones is 1. The zero-order valence-electron chi connectivity index (χ0n) is 20.6. The van der Waals surface area contributed by atoms with Gasteiger partial charge in [-0.3, -0.25) is 4.79 Å². The van der Waals surface area contributed by atoms with Crippen LogP contribution in [0.3, 0.4) is 0 Å². The zero-order chi connectivity index (χ0) is 26.0. The number of nitrogens with zero attached hydrogens (tertiary/aromatic N) is 2. The molecule has 1 aliphatic carbocycles. The average Bonchev–Trinajstić information content (AvgIpc) is 2.83. The van der Waals surface area contributed by atoms with Gasteiger partial charge in [0, 0.05) is 31.3 Å². The molecule has 0 aromatic heterocycles. The third kappa shape index (κ3) is 5.24. The Morgan fingerprint density at radius 3 is 2.50 bits per heavy atom. The fourth-order valence-corrected chi connectivity index (χ4v) is 5.22. The Hall–Kier alpha value is -2.98. The number of hydrogen-bond acceptors (Lipinski definition) is 6. The second-order valence-corrected chi connectivity index (χ2v) is 10.7. The first-order valence-corrected chi connectivity index (χ1v) is 12.5. The Balaban J connectivity index is 1.66. The maximum Gasteiger partial charge on any atom is 0.162 e. The predicted octanol–water partition coefficient (Wildman–Crippen LogP) is 5.96. The van der Waals surface area contributed by atoms with Gasteiger partial charge < -0.3 is 20.1 Å². The summed E-state index contributed by atoms with van der Waals surface area (Å²) in [6, 6.07) is 15.1. The Labute approximate surface area is 221 Å². The summed E-state index contributed by atoms with van der Waals surface area (Å²) in [7, 11) is 1.62. The number of hydrogen-bond donors (Lipinski definition) is 1. The lowest BCUT2D eigenvalue weighted by Crippen LogP contribution is -2.43. The maximum atomic E-state index is 13.5. The Bertz CT molecular complexity index is 1280. The van der Waals surface area contributed by atoms with Gasteiger partial charge in [0.1, 0.15) is 18.2 Å². The zero-order valence-corrected chi connectivity index (χ0v) is 22.1. The van der Waals surface area contributed by atoms with Crippen LogP contribution >= 0.6 is 23.2 Å². The minimum atomic E-state index is -0.517. The van der Waals surface area contributed by atoms with Crippen molar-refractivity contribution in [1.82, 2.24) is 4.90 Å². The van der Waals surface area contributed by atoms with Gasteiger partial charge in [0.2, 0.25) is 0 Å². The van der Waals surface area contributed by atoms with E-state index in [9.17, 15) is 10.1 Å². The van der Waals surface area contributed by atoms with E-state index in [1.54, 1.807) is 19.2 Å². The number of nitriles is 1. The van der Waals surface area contributed by atoms with E-state index in [-0.39, 0.29) is 11.2 Å². The van der Waals surface area contributed by atoms with Gasteiger partial charge in [-0.05, 0) is 47.2 Å². The van der Waals surface area contributed by atoms with Gasteiger partial charge >= 0.3 is 0 Å². The molecule has 0 unspecified atom stereocenters. The van der Waals surface area contributed by atoms with Gasteiger partial charge in [-0.1, -0.05) is 55.2 Å². The number of ether oxygens (including phenoxy) is 2. The number of carbonyl (C=O) groups is 1. The third-order valence-corrected chi connectivity index (χ3v) is 7.35. The van der Waals surface area contributed by atoms with Crippen molar-refractivity contribution < 1.29 is 14.3 Å². The van der Waals surface area contributed by atoms with E-state index < -0.39 is 5.92 Å². The van der Waals surface area contributed by atoms with Crippen molar-refractivity contribution in [2.24, 2.45) is 11.1 Å². The van der Waals surface area contributed by atoms with Gasteiger partial charge in [-0.2, -0.15) is 5.26 Å². The monoisotopic (exact) mass is 525 g/mol. The molecule has 0 bridgehead atoms. The van der Waals surface area contributed by atoms with E-state index >= 15 is 0 Å². The molecule has 188 valence electrons. The fraction of sp³-hybridized carbons (Fsp3) is 0.357. The summed E-state index contributed by atoms with van der Waals surface area (Å²) < 4.78 is 11.2. The van der Waals surface area contributed by atoms with Gasteiger partial charge in [-0.25, -0.2) is 0 Å². The first-order valence-electron chi connectivity index (χ1n) is 11.7. The predicted molar refractivity (Wildman–Crippen MR) is 140 cm³/mol. The second kappa shape index (κ2) is 10.6. The summed E-state index contributed by atoms with van der Waals surface area (Å²) in [5.74, 6) is 0.567. The van der Waals surface area contributed by atoms with Crippen molar-refractivity contribution in [1.29, 1.82) is 5.26 Å². The van der Waals surface area contributed by atoms with Crippen molar-refractivity contribution in [3.05, 3.63) is 86.3 Å². The van der Waals surface area contributed by atoms with Gasteiger partial charge in [0.05, 0.1) is 34.2 Å². The molecule has 0 saturated heterocycles. The maximum absolute atomic E-state index is 13.5. The van der Waals surface area contributed by atoms with E-state index in [2.05, 4.69) is 19.9 Å². The molecule has 8 heteroatoms. The molecule has 1 atom stereocenters. The molecular weight excluding hydrogens is 497 g/mol. The third-order valence-electron chi connectivity index (χ3n) is 6.61. The van der Waals surface area contributed by atoms with Gasteiger partial charge in [0.25, 0.3) is 0 Å². The van der Waals surface area contributed by atoms with E-state index in [4.69, 9.17) is 38.4 Å². The number of methoxy groups -OCH3 is 1. The average molecular weight is 526 g/mol.